The van der Waals surface area contributed by atoms with Crippen molar-refractivity contribution in [2.75, 3.05) is 0 Å². The second kappa shape index (κ2) is 7.71. The third-order valence-corrected chi connectivity index (χ3v) is 4.43. The molecule has 0 N–H and O–H groups in total. The molecule has 0 spiro atoms. The summed E-state index contributed by atoms with van der Waals surface area (Å²) in [6.45, 7) is -0.0112. The number of hydrogen-bond donors (Lipinski definition) is 0. The maximum absolute atomic E-state index is 14.1. The Morgan fingerprint density at radius 3 is 2.55 bits per heavy atom. The first-order valence-corrected chi connectivity index (χ1v) is 8.80. The molecular weight excluding hydrogens is 380 g/mol. The first-order chi connectivity index (χ1) is 14.0. The number of benzene rings is 2. The van der Waals surface area contributed by atoms with Gasteiger partial charge in [-0.25, -0.2) is 8.78 Å². The van der Waals surface area contributed by atoms with E-state index in [2.05, 4.69) is 0 Å². The fraction of sp³-hybridized carbons (Fsp3) is 0.0909. The Labute approximate surface area is 163 Å². The molecule has 2 heterocycles. The molecule has 7 heteroatoms. The summed E-state index contributed by atoms with van der Waals surface area (Å²) in [7, 11) is 0. The van der Waals surface area contributed by atoms with Crippen molar-refractivity contribution in [2.45, 2.75) is 13.1 Å². The van der Waals surface area contributed by atoms with E-state index < -0.39 is 23.0 Å². The smallest absolute Gasteiger partial charge is 0.290 e. The van der Waals surface area contributed by atoms with E-state index in [0.29, 0.717) is 11.3 Å². The van der Waals surface area contributed by atoms with Crippen molar-refractivity contribution in [1.29, 1.82) is 0 Å². The number of furan rings is 1. The van der Waals surface area contributed by atoms with Crippen molar-refractivity contribution in [3.05, 3.63) is 106 Å². The Morgan fingerprint density at radius 1 is 0.966 bits per heavy atom. The molecule has 2 aromatic heterocycles. The van der Waals surface area contributed by atoms with Crippen LogP contribution >= 0.6 is 0 Å². The standard InChI is InChI=1S/C22H15F2NO4/c23-15-7-8-20-17(10-15)19(26)11-21(29-20)22(27)25(13-16-5-3-9-28-16)12-14-4-1-2-6-18(14)24/h1-11H,12-13H2. The Balaban J connectivity index is 1.72. The molecule has 0 unspecified atom stereocenters. The molecular formula is C22H15F2NO4. The molecule has 0 fully saturated rings. The summed E-state index contributed by atoms with van der Waals surface area (Å²) in [5.74, 6) is -1.40. The lowest BCUT2D eigenvalue weighted by Gasteiger charge is -2.21. The van der Waals surface area contributed by atoms with E-state index in [1.807, 2.05) is 0 Å². The monoisotopic (exact) mass is 395 g/mol. The summed E-state index contributed by atoms with van der Waals surface area (Å²) in [6, 6.07) is 13.9. The van der Waals surface area contributed by atoms with E-state index in [1.165, 1.54) is 23.3 Å². The lowest BCUT2D eigenvalue weighted by molar-refractivity contribution is 0.0684. The van der Waals surface area contributed by atoms with Crippen LogP contribution in [0.3, 0.4) is 0 Å². The van der Waals surface area contributed by atoms with Crippen molar-refractivity contribution in [1.82, 2.24) is 4.90 Å². The van der Waals surface area contributed by atoms with Crippen LogP contribution in [0.5, 0.6) is 0 Å². The normalized spacial score (nSPS) is 11.0. The predicted octanol–water partition coefficient (Wildman–Crippen LogP) is 4.51. The van der Waals surface area contributed by atoms with Gasteiger partial charge in [-0.2, -0.15) is 0 Å². The van der Waals surface area contributed by atoms with E-state index in [4.69, 9.17) is 8.83 Å². The zero-order valence-corrected chi connectivity index (χ0v) is 15.1. The van der Waals surface area contributed by atoms with Crippen LogP contribution in [0.2, 0.25) is 0 Å². The van der Waals surface area contributed by atoms with Gasteiger partial charge in [0, 0.05) is 18.2 Å². The van der Waals surface area contributed by atoms with E-state index in [1.54, 1.807) is 30.3 Å². The molecule has 0 atom stereocenters. The maximum atomic E-state index is 14.1. The third-order valence-electron chi connectivity index (χ3n) is 4.43. The second-order valence-electron chi connectivity index (χ2n) is 6.45. The molecule has 146 valence electrons. The summed E-state index contributed by atoms with van der Waals surface area (Å²) in [5.41, 5.74) is -0.151. The number of carbonyl (C=O) groups is 1. The fourth-order valence-electron chi connectivity index (χ4n) is 3.01. The molecule has 0 aliphatic rings. The van der Waals surface area contributed by atoms with Crippen LogP contribution in [0.25, 0.3) is 11.0 Å². The number of fused-ring (bicyclic) bond motifs is 1. The highest BCUT2D eigenvalue weighted by atomic mass is 19.1. The Kier molecular flexibility index (Phi) is 4.95. The van der Waals surface area contributed by atoms with Crippen LogP contribution < -0.4 is 5.43 Å². The SMILES string of the molecule is O=C(c1cc(=O)c2cc(F)ccc2o1)N(Cc1ccco1)Cc1ccccc1F. The molecule has 1 amide bonds. The molecule has 0 saturated carbocycles. The summed E-state index contributed by atoms with van der Waals surface area (Å²) >= 11 is 0. The minimum Gasteiger partial charge on any atom is -0.467 e. The van der Waals surface area contributed by atoms with Gasteiger partial charge in [0.25, 0.3) is 5.91 Å². The van der Waals surface area contributed by atoms with Crippen molar-refractivity contribution >= 4 is 16.9 Å². The van der Waals surface area contributed by atoms with Crippen molar-refractivity contribution in [3.63, 3.8) is 0 Å². The molecule has 2 aromatic carbocycles. The van der Waals surface area contributed by atoms with Gasteiger partial charge in [0.05, 0.1) is 18.2 Å². The quantitative estimate of drug-likeness (QED) is 0.499. The average molecular weight is 395 g/mol. The van der Waals surface area contributed by atoms with Crippen LogP contribution in [0.1, 0.15) is 21.9 Å². The lowest BCUT2D eigenvalue weighted by Crippen LogP contribution is -2.31. The zero-order valence-electron chi connectivity index (χ0n) is 15.1. The van der Waals surface area contributed by atoms with Crippen molar-refractivity contribution in [2.24, 2.45) is 0 Å². The second-order valence-corrected chi connectivity index (χ2v) is 6.45. The van der Waals surface area contributed by atoms with Gasteiger partial charge in [-0.3, -0.25) is 9.59 Å². The topological polar surface area (TPSA) is 63.7 Å². The molecule has 0 aliphatic carbocycles. The number of halogens is 2. The highest BCUT2D eigenvalue weighted by Crippen LogP contribution is 2.19. The minimum atomic E-state index is -0.618. The highest BCUT2D eigenvalue weighted by molar-refractivity contribution is 5.93. The maximum Gasteiger partial charge on any atom is 0.290 e. The van der Waals surface area contributed by atoms with Gasteiger partial charge in [0.1, 0.15) is 23.0 Å². The van der Waals surface area contributed by atoms with Crippen LogP contribution in [0.4, 0.5) is 8.78 Å². The van der Waals surface area contributed by atoms with Gasteiger partial charge in [-0.05, 0) is 36.4 Å². The first kappa shape index (κ1) is 18.6. The summed E-state index contributed by atoms with van der Waals surface area (Å²) < 4.78 is 38.4. The first-order valence-electron chi connectivity index (χ1n) is 8.80. The lowest BCUT2D eigenvalue weighted by atomic mass is 10.1. The van der Waals surface area contributed by atoms with Gasteiger partial charge in [0.2, 0.25) is 0 Å². The van der Waals surface area contributed by atoms with Crippen molar-refractivity contribution in [3.8, 4) is 0 Å². The van der Waals surface area contributed by atoms with Crippen LogP contribution in [0, 0.1) is 11.6 Å². The number of carbonyl (C=O) groups excluding carboxylic acids is 1. The highest BCUT2D eigenvalue weighted by Gasteiger charge is 2.22. The number of amides is 1. The number of rotatable bonds is 5. The van der Waals surface area contributed by atoms with Gasteiger partial charge < -0.3 is 13.7 Å². The number of hydrogen-bond acceptors (Lipinski definition) is 4. The minimum absolute atomic E-state index is 0.0354. The zero-order chi connectivity index (χ0) is 20.4. The van der Waals surface area contributed by atoms with Gasteiger partial charge in [-0.1, -0.05) is 18.2 Å². The molecule has 4 aromatic rings. The van der Waals surface area contributed by atoms with Crippen LogP contribution in [-0.4, -0.2) is 10.8 Å². The van der Waals surface area contributed by atoms with Gasteiger partial charge in [-0.15, -0.1) is 0 Å². The third kappa shape index (κ3) is 3.94. The van der Waals surface area contributed by atoms with Gasteiger partial charge in [0.15, 0.2) is 11.2 Å². The molecule has 0 aliphatic heterocycles. The summed E-state index contributed by atoms with van der Waals surface area (Å²) in [4.78, 5) is 26.7. The predicted molar refractivity (Wildman–Crippen MR) is 101 cm³/mol. The fourth-order valence-corrected chi connectivity index (χ4v) is 3.01. The average Bonchev–Trinajstić information content (AvgIpc) is 3.22. The van der Waals surface area contributed by atoms with Crippen LogP contribution in [0.15, 0.2) is 80.6 Å². The van der Waals surface area contributed by atoms with E-state index >= 15 is 0 Å². The van der Waals surface area contributed by atoms with E-state index in [9.17, 15) is 18.4 Å². The summed E-state index contributed by atoms with van der Waals surface area (Å²) in [6.07, 6.45) is 1.46. The van der Waals surface area contributed by atoms with Crippen molar-refractivity contribution < 1.29 is 22.4 Å². The van der Waals surface area contributed by atoms with E-state index in [-0.39, 0.29) is 29.8 Å². The Bertz CT molecular complexity index is 1230. The van der Waals surface area contributed by atoms with Gasteiger partial charge >= 0.3 is 0 Å². The molecule has 4 rings (SSSR count). The Morgan fingerprint density at radius 2 is 1.79 bits per heavy atom. The molecule has 29 heavy (non-hydrogen) atoms. The molecule has 0 radical (unpaired) electrons. The molecule has 0 bridgehead atoms. The molecule has 5 nitrogen and oxygen atoms in total. The van der Waals surface area contributed by atoms with E-state index in [0.717, 1.165) is 18.2 Å². The summed E-state index contributed by atoms with van der Waals surface area (Å²) in [5, 5.41) is 0.0354. The Hall–Kier alpha value is -3.74. The largest absolute Gasteiger partial charge is 0.467 e. The number of nitrogens with zero attached hydrogens (tertiary/aromatic N) is 1. The van der Waals surface area contributed by atoms with Crippen LogP contribution in [-0.2, 0) is 13.1 Å². The molecule has 0 saturated heterocycles.